The second-order valence-electron chi connectivity index (χ2n) is 5.42. The summed E-state index contributed by atoms with van der Waals surface area (Å²) in [7, 11) is 1.56. The van der Waals surface area contributed by atoms with Crippen LogP contribution < -0.4 is 21.1 Å². The fraction of sp³-hybridized carbons (Fsp3) is 0.294. The SMILES string of the molecule is C.COc1cc(C)c(CO)cc1B(O)c1ccc(B(C)O)cc1. The molecule has 0 aliphatic carbocycles. The average molecular weight is 314 g/mol. The maximum absolute atomic E-state index is 10.6. The second-order valence-corrected chi connectivity index (χ2v) is 5.42. The van der Waals surface area contributed by atoms with Crippen LogP contribution >= 0.6 is 0 Å². The molecule has 0 spiro atoms. The molecule has 2 rings (SSSR count). The number of aliphatic hydroxyl groups excluding tert-OH is 1. The summed E-state index contributed by atoms with van der Waals surface area (Å²) in [5.74, 6) is 0.585. The summed E-state index contributed by atoms with van der Waals surface area (Å²) >= 11 is 0. The quantitative estimate of drug-likeness (QED) is 0.682. The molecule has 0 unspecified atom stereocenters. The van der Waals surface area contributed by atoms with Crippen molar-refractivity contribution in [2.45, 2.75) is 27.8 Å². The Morgan fingerprint density at radius 1 is 1.04 bits per heavy atom. The highest BCUT2D eigenvalue weighted by molar-refractivity contribution is 6.79. The van der Waals surface area contributed by atoms with Crippen molar-refractivity contribution in [3.63, 3.8) is 0 Å². The lowest BCUT2D eigenvalue weighted by Crippen LogP contribution is -2.44. The lowest BCUT2D eigenvalue weighted by molar-refractivity contribution is 0.281. The van der Waals surface area contributed by atoms with Gasteiger partial charge in [0.05, 0.1) is 13.7 Å². The molecular weight excluding hydrogens is 290 g/mol. The van der Waals surface area contributed by atoms with E-state index in [-0.39, 0.29) is 14.0 Å². The van der Waals surface area contributed by atoms with E-state index in [2.05, 4.69) is 0 Å². The van der Waals surface area contributed by atoms with E-state index in [1.54, 1.807) is 44.3 Å². The molecule has 122 valence electrons. The molecule has 0 amide bonds. The molecule has 6 heteroatoms. The highest BCUT2D eigenvalue weighted by atomic mass is 16.5. The van der Waals surface area contributed by atoms with Crippen LogP contribution in [0.3, 0.4) is 0 Å². The molecular formula is C17H24B2O4. The monoisotopic (exact) mass is 314 g/mol. The van der Waals surface area contributed by atoms with Crippen LogP contribution in [0.4, 0.5) is 0 Å². The number of rotatable bonds is 5. The van der Waals surface area contributed by atoms with Gasteiger partial charge in [-0.3, -0.25) is 0 Å². The normalized spacial score (nSPS) is 10.0. The molecule has 0 saturated carbocycles. The number of aliphatic hydroxyl groups is 1. The van der Waals surface area contributed by atoms with Crippen LogP contribution in [0.1, 0.15) is 18.6 Å². The zero-order valence-corrected chi connectivity index (χ0v) is 13.1. The molecule has 0 fully saturated rings. The number of hydrogen-bond acceptors (Lipinski definition) is 4. The zero-order chi connectivity index (χ0) is 16.3. The van der Waals surface area contributed by atoms with Crippen LogP contribution in [0.5, 0.6) is 5.75 Å². The summed E-state index contributed by atoms with van der Waals surface area (Å²) in [6, 6.07) is 10.7. The van der Waals surface area contributed by atoms with Gasteiger partial charge in [-0.1, -0.05) is 44.6 Å². The number of methoxy groups -OCH3 is 1. The van der Waals surface area contributed by atoms with Crippen molar-refractivity contribution >= 4 is 30.2 Å². The fourth-order valence-corrected chi connectivity index (χ4v) is 2.44. The first-order valence-corrected chi connectivity index (χ1v) is 7.22. The third kappa shape index (κ3) is 4.16. The van der Waals surface area contributed by atoms with Crippen molar-refractivity contribution in [2.24, 2.45) is 0 Å². The van der Waals surface area contributed by atoms with Gasteiger partial charge in [0.25, 0.3) is 0 Å². The highest BCUT2D eigenvalue weighted by Gasteiger charge is 2.23. The summed E-state index contributed by atoms with van der Waals surface area (Å²) < 4.78 is 5.35. The average Bonchev–Trinajstić information content (AvgIpc) is 2.53. The van der Waals surface area contributed by atoms with Crippen LogP contribution in [-0.2, 0) is 6.61 Å². The van der Waals surface area contributed by atoms with Gasteiger partial charge in [0, 0.05) is 0 Å². The van der Waals surface area contributed by atoms with Crippen molar-refractivity contribution < 1.29 is 19.9 Å². The third-order valence-electron chi connectivity index (χ3n) is 3.89. The largest absolute Gasteiger partial charge is 0.497 e. The molecule has 2 aromatic carbocycles. The Kier molecular flexibility index (Phi) is 6.88. The first-order chi connectivity index (χ1) is 10.5. The Morgan fingerprint density at radius 2 is 1.61 bits per heavy atom. The van der Waals surface area contributed by atoms with Crippen LogP contribution in [0.2, 0.25) is 6.82 Å². The van der Waals surface area contributed by atoms with E-state index >= 15 is 0 Å². The Labute approximate surface area is 139 Å². The molecule has 0 atom stereocenters. The van der Waals surface area contributed by atoms with Crippen LogP contribution in [-0.4, -0.2) is 36.1 Å². The van der Waals surface area contributed by atoms with Gasteiger partial charge in [0.1, 0.15) is 5.75 Å². The Balaban J connectivity index is 0.00000264. The Bertz CT molecular complexity index is 642. The van der Waals surface area contributed by atoms with Crippen molar-refractivity contribution in [1.29, 1.82) is 0 Å². The predicted molar refractivity (Wildman–Crippen MR) is 97.5 cm³/mol. The minimum absolute atomic E-state index is 0. The minimum atomic E-state index is -0.858. The van der Waals surface area contributed by atoms with E-state index in [0.29, 0.717) is 16.7 Å². The molecule has 0 aliphatic rings. The van der Waals surface area contributed by atoms with Crippen molar-refractivity contribution in [3.8, 4) is 5.75 Å². The number of ether oxygens (including phenoxy) is 1. The molecule has 0 heterocycles. The number of hydrogen-bond donors (Lipinski definition) is 3. The Morgan fingerprint density at radius 3 is 2.09 bits per heavy atom. The van der Waals surface area contributed by atoms with E-state index in [0.717, 1.165) is 16.6 Å². The molecule has 0 aliphatic heterocycles. The van der Waals surface area contributed by atoms with E-state index in [1.165, 1.54) is 0 Å². The molecule has 4 nitrogen and oxygen atoms in total. The summed E-state index contributed by atoms with van der Waals surface area (Å²) in [6.45, 7) is 2.10. The van der Waals surface area contributed by atoms with Crippen molar-refractivity contribution in [1.82, 2.24) is 0 Å². The lowest BCUT2D eigenvalue weighted by atomic mass is 9.54. The van der Waals surface area contributed by atoms with Gasteiger partial charge in [-0.2, -0.15) is 0 Å². The summed E-state index contributed by atoms with van der Waals surface area (Å²) in [6.07, 6.45) is 0. The summed E-state index contributed by atoms with van der Waals surface area (Å²) in [4.78, 5) is 0. The van der Waals surface area contributed by atoms with E-state index in [9.17, 15) is 15.2 Å². The molecule has 0 radical (unpaired) electrons. The van der Waals surface area contributed by atoms with Crippen molar-refractivity contribution in [3.05, 3.63) is 47.5 Å². The van der Waals surface area contributed by atoms with Crippen molar-refractivity contribution in [2.75, 3.05) is 7.11 Å². The highest BCUT2D eigenvalue weighted by Crippen LogP contribution is 2.15. The maximum atomic E-state index is 10.6. The fourth-order valence-electron chi connectivity index (χ4n) is 2.44. The van der Waals surface area contributed by atoms with Gasteiger partial charge < -0.3 is 19.9 Å². The zero-order valence-electron chi connectivity index (χ0n) is 13.1. The second kappa shape index (κ2) is 8.20. The first-order valence-electron chi connectivity index (χ1n) is 7.22. The standard InChI is InChI=1S/C16H20B2O4.CH4/c1-11-8-16(22-3)15(9-12(11)10-19)18(21)14-6-4-13(5-7-14)17(2)20;/h4-9,19-21H,10H2,1-3H3;1H4. The Hall–Kier alpha value is -1.75. The predicted octanol–water partition coefficient (Wildman–Crippen LogP) is 0.0506. The molecule has 3 N–H and O–H groups in total. The lowest BCUT2D eigenvalue weighted by Gasteiger charge is -2.15. The van der Waals surface area contributed by atoms with Gasteiger partial charge in [-0.15, -0.1) is 0 Å². The molecule has 0 bridgehead atoms. The van der Waals surface area contributed by atoms with E-state index in [4.69, 9.17) is 4.74 Å². The van der Waals surface area contributed by atoms with Crippen LogP contribution in [0.25, 0.3) is 0 Å². The van der Waals surface area contributed by atoms with Gasteiger partial charge in [0.15, 0.2) is 0 Å². The minimum Gasteiger partial charge on any atom is -0.497 e. The molecule has 2 aromatic rings. The topological polar surface area (TPSA) is 69.9 Å². The number of aryl methyl sites for hydroxylation is 1. The maximum Gasteiger partial charge on any atom is 0.362 e. The van der Waals surface area contributed by atoms with Gasteiger partial charge in [0.2, 0.25) is 0 Å². The smallest absolute Gasteiger partial charge is 0.362 e. The number of benzene rings is 2. The van der Waals surface area contributed by atoms with Gasteiger partial charge >= 0.3 is 13.8 Å². The first kappa shape index (κ1) is 19.3. The van der Waals surface area contributed by atoms with Crippen LogP contribution in [0.15, 0.2) is 36.4 Å². The molecule has 23 heavy (non-hydrogen) atoms. The van der Waals surface area contributed by atoms with Gasteiger partial charge in [-0.05, 0) is 40.5 Å². The molecule has 0 saturated heterocycles. The van der Waals surface area contributed by atoms with E-state index in [1.807, 2.05) is 13.0 Å². The van der Waals surface area contributed by atoms with Crippen LogP contribution in [0, 0.1) is 6.92 Å². The summed E-state index contributed by atoms with van der Waals surface area (Å²) in [5, 5.41) is 29.6. The van der Waals surface area contributed by atoms with E-state index < -0.39 is 13.8 Å². The van der Waals surface area contributed by atoms with Gasteiger partial charge in [-0.25, -0.2) is 0 Å². The summed E-state index contributed by atoms with van der Waals surface area (Å²) in [5.41, 5.74) is 3.79. The third-order valence-corrected chi connectivity index (χ3v) is 3.89. The molecule has 0 aromatic heterocycles.